The van der Waals surface area contributed by atoms with Crippen LogP contribution in [-0.2, 0) is 4.79 Å². The number of hydrogen-bond donors (Lipinski definition) is 1. The second-order valence-electron chi connectivity index (χ2n) is 5.17. The Labute approximate surface area is 135 Å². The van der Waals surface area contributed by atoms with Crippen LogP contribution < -0.4 is 5.73 Å². The van der Waals surface area contributed by atoms with Gasteiger partial charge in [-0.25, -0.2) is 0 Å². The van der Waals surface area contributed by atoms with Crippen molar-refractivity contribution in [1.29, 1.82) is 0 Å². The van der Waals surface area contributed by atoms with Crippen LogP contribution in [0.25, 0.3) is 0 Å². The molecule has 0 spiro atoms. The van der Waals surface area contributed by atoms with E-state index in [2.05, 4.69) is 30.9 Å². The molecule has 0 radical (unpaired) electrons. The van der Waals surface area contributed by atoms with E-state index in [0.717, 1.165) is 32.2 Å². The smallest absolute Gasteiger partial charge is 0.223 e. The zero-order valence-corrected chi connectivity index (χ0v) is 14.1. The molecule has 120 valence electrons. The molecule has 4 heteroatoms. The number of carbonyl (C=O) groups is 1. The number of nitrogens with zero attached hydrogens (tertiary/aromatic N) is 1. The predicted octanol–water partition coefficient (Wildman–Crippen LogP) is 3.93. The minimum Gasteiger partial charge on any atom is -0.336 e. The van der Waals surface area contributed by atoms with E-state index in [1.54, 1.807) is 0 Å². The summed E-state index contributed by atoms with van der Waals surface area (Å²) < 4.78 is 0. The minimum absolute atomic E-state index is 0. The third kappa shape index (κ3) is 6.49. The van der Waals surface area contributed by atoms with Gasteiger partial charge in [-0.05, 0) is 31.4 Å². The quantitative estimate of drug-likeness (QED) is 0.751. The van der Waals surface area contributed by atoms with Gasteiger partial charge in [0.15, 0.2) is 0 Å². The summed E-state index contributed by atoms with van der Waals surface area (Å²) in [6.07, 6.45) is 4.43. The van der Waals surface area contributed by atoms with E-state index in [4.69, 9.17) is 5.73 Å². The van der Waals surface area contributed by atoms with Crippen molar-refractivity contribution in [3.63, 3.8) is 0 Å². The third-order valence-electron chi connectivity index (χ3n) is 3.61. The molecule has 1 amide bonds. The molecule has 0 aromatic heterocycles. The van der Waals surface area contributed by atoms with E-state index in [-0.39, 0.29) is 24.4 Å². The normalized spacial score (nSPS) is 11.6. The number of unbranched alkanes of at least 4 members (excludes halogenated alkanes) is 1. The van der Waals surface area contributed by atoms with Crippen molar-refractivity contribution in [2.75, 3.05) is 13.1 Å². The van der Waals surface area contributed by atoms with Crippen molar-refractivity contribution in [3.8, 4) is 0 Å². The molecule has 0 saturated carbocycles. The van der Waals surface area contributed by atoms with Gasteiger partial charge < -0.3 is 10.6 Å². The second-order valence-corrected chi connectivity index (χ2v) is 5.17. The summed E-state index contributed by atoms with van der Waals surface area (Å²) in [5.41, 5.74) is 6.75. The van der Waals surface area contributed by atoms with Crippen LogP contribution in [0, 0.1) is 0 Å². The summed E-state index contributed by atoms with van der Waals surface area (Å²) in [7, 11) is 0. The van der Waals surface area contributed by atoms with Crippen LogP contribution in [0.1, 0.15) is 57.6 Å². The Hall–Kier alpha value is -1.06. The molecule has 0 heterocycles. The van der Waals surface area contributed by atoms with Crippen LogP contribution in [0.4, 0.5) is 0 Å². The van der Waals surface area contributed by atoms with E-state index in [0.29, 0.717) is 13.0 Å². The van der Waals surface area contributed by atoms with Crippen LogP contribution in [0.2, 0.25) is 0 Å². The first-order chi connectivity index (χ1) is 9.74. The SMILES string of the molecule is CCCCN(C(=O)CCCN)C(CC)c1ccccc1.Cl. The summed E-state index contributed by atoms with van der Waals surface area (Å²) in [6, 6.07) is 10.5. The standard InChI is InChI=1S/C17H28N2O.ClH/c1-3-5-14-19(17(20)12-9-13-18)16(4-2)15-10-7-6-8-11-15;/h6-8,10-11,16H,3-5,9,12-14,18H2,1-2H3;1H. The maximum absolute atomic E-state index is 12.5. The van der Waals surface area contributed by atoms with Crippen molar-refractivity contribution in [1.82, 2.24) is 4.90 Å². The summed E-state index contributed by atoms with van der Waals surface area (Å²) >= 11 is 0. The van der Waals surface area contributed by atoms with E-state index in [1.165, 1.54) is 5.56 Å². The molecule has 3 nitrogen and oxygen atoms in total. The van der Waals surface area contributed by atoms with Gasteiger partial charge in [0, 0.05) is 13.0 Å². The highest BCUT2D eigenvalue weighted by Crippen LogP contribution is 2.25. The van der Waals surface area contributed by atoms with Gasteiger partial charge in [0.05, 0.1) is 6.04 Å². The van der Waals surface area contributed by atoms with E-state index in [9.17, 15) is 4.79 Å². The van der Waals surface area contributed by atoms with Crippen LogP contribution in [0.5, 0.6) is 0 Å². The van der Waals surface area contributed by atoms with Gasteiger partial charge in [-0.2, -0.15) is 0 Å². The van der Waals surface area contributed by atoms with Gasteiger partial charge in [0.25, 0.3) is 0 Å². The molecule has 1 aromatic rings. The van der Waals surface area contributed by atoms with Gasteiger partial charge in [-0.1, -0.05) is 50.6 Å². The van der Waals surface area contributed by atoms with Gasteiger partial charge >= 0.3 is 0 Å². The lowest BCUT2D eigenvalue weighted by atomic mass is 10.0. The molecule has 0 bridgehead atoms. The number of hydrogen-bond acceptors (Lipinski definition) is 2. The molecule has 1 rings (SSSR count). The average molecular weight is 313 g/mol. The summed E-state index contributed by atoms with van der Waals surface area (Å²) in [4.78, 5) is 14.5. The maximum Gasteiger partial charge on any atom is 0.223 e. The molecule has 0 fully saturated rings. The molecule has 2 N–H and O–H groups in total. The lowest BCUT2D eigenvalue weighted by Crippen LogP contribution is -2.35. The lowest BCUT2D eigenvalue weighted by molar-refractivity contribution is -0.134. The molecule has 1 atom stereocenters. The average Bonchev–Trinajstić information content (AvgIpc) is 2.50. The monoisotopic (exact) mass is 312 g/mol. The Morgan fingerprint density at radius 2 is 1.86 bits per heavy atom. The first-order valence-corrected chi connectivity index (χ1v) is 7.79. The van der Waals surface area contributed by atoms with Gasteiger partial charge in [-0.3, -0.25) is 4.79 Å². The zero-order chi connectivity index (χ0) is 14.8. The maximum atomic E-state index is 12.5. The topological polar surface area (TPSA) is 46.3 Å². The third-order valence-corrected chi connectivity index (χ3v) is 3.61. The zero-order valence-electron chi connectivity index (χ0n) is 13.3. The Morgan fingerprint density at radius 1 is 1.19 bits per heavy atom. The highest BCUT2D eigenvalue weighted by atomic mass is 35.5. The van der Waals surface area contributed by atoms with E-state index >= 15 is 0 Å². The van der Waals surface area contributed by atoms with Gasteiger partial charge in [0.1, 0.15) is 0 Å². The molecule has 0 saturated heterocycles. The highest BCUT2D eigenvalue weighted by Gasteiger charge is 2.22. The summed E-state index contributed by atoms with van der Waals surface area (Å²) in [5, 5.41) is 0. The van der Waals surface area contributed by atoms with Gasteiger partial charge in [-0.15, -0.1) is 12.4 Å². The molecule has 21 heavy (non-hydrogen) atoms. The second kappa shape index (κ2) is 11.6. The fourth-order valence-corrected chi connectivity index (χ4v) is 2.49. The number of nitrogens with two attached hydrogens (primary N) is 1. The number of rotatable bonds is 9. The Morgan fingerprint density at radius 3 is 2.38 bits per heavy atom. The fourth-order valence-electron chi connectivity index (χ4n) is 2.49. The number of carbonyl (C=O) groups excluding carboxylic acids is 1. The Bertz CT molecular complexity index is 384. The first kappa shape index (κ1) is 19.9. The van der Waals surface area contributed by atoms with Crippen molar-refractivity contribution in [2.24, 2.45) is 5.73 Å². The van der Waals surface area contributed by atoms with Crippen molar-refractivity contribution >= 4 is 18.3 Å². The van der Waals surface area contributed by atoms with Crippen molar-refractivity contribution in [2.45, 2.75) is 52.0 Å². The molecule has 0 aliphatic rings. The van der Waals surface area contributed by atoms with Crippen LogP contribution in [-0.4, -0.2) is 23.9 Å². The fraction of sp³-hybridized carbons (Fsp3) is 0.588. The Balaban J connectivity index is 0.00000400. The largest absolute Gasteiger partial charge is 0.336 e. The molecular weight excluding hydrogens is 284 g/mol. The predicted molar refractivity (Wildman–Crippen MR) is 91.6 cm³/mol. The van der Waals surface area contributed by atoms with Gasteiger partial charge in [0.2, 0.25) is 5.91 Å². The molecular formula is C17H29ClN2O. The molecule has 1 aromatic carbocycles. The van der Waals surface area contributed by atoms with E-state index < -0.39 is 0 Å². The minimum atomic E-state index is 0. The summed E-state index contributed by atoms with van der Waals surface area (Å²) in [6.45, 7) is 5.72. The van der Waals surface area contributed by atoms with Crippen LogP contribution in [0.15, 0.2) is 30.3 Å². The lowest BCUT2D eigenvalue weighted by Gasteiger charge is -2.32. The first-order valence-electron chi connectivity index (χ1n) is 7.79. The van der Waals surface area contributed by atoms with Crippen molar-refractivity contribution < 1.29 is 4.79 Å². The van der Waals surface area contributed by atoms with Crippen LogP contribution >= 0.6 is 12.4 Å². The van der Waals surface area contributed by atoms with E-state index in [1.807, 2.05) is 18.2 Å². The number of benzene rings is 1. The molecule has 0 aliphatic heterocycles. The molecule has 1 unspecified atom stereocenters. The number of halogens is 1. The summed E-state index contributed by atoms with van der Waals surface area (Å²) in [5.74, 6) is 0.236. The Kier molecular flexibility index (Phi) is 11.0. The number of amides is 1. The van der Waals surface area contributed by atoms with Crippen LogP contribution in [0.3, 0.4) is 0 Å². The highest BCUT2D eigenvalue weighted by molar-refractivity contribution is 5.85. The molecule has 0 aliphatic carbocycles. The van der Waals surface area contributed by atoms with Crippen molar-refractivity contribution in [3.05, 3.63) is 35.9 Å².